The molecule has 2 nitrogen and oxygen atoms in total. The van der Waals surface area contributed by atoms with E-state index in [4.69, 9.17) is 5.73 Å². The average Bonchev–Trinajstić information content (AvgIpc) is 2.38. The van der Waals surface area contributed by atoms with Gasteiger partial charge in [-0.1, -0.05) is 12.1 Å². The van der Waals surface area contributed by atoms with Crippen LogP contribution in [0, 0.1) is 0 Å². The van der Waals surface area contributed by atoms with Crippen LogP contribution in [0.5, 0.6) is 0 Å². The van der Waals surface area contributed by atoms with Crippen LogP contribution in [-0.2, 0) is 6.18 Å². The molecule has 94 valence electrons. The third kappa shape index (κ3) is 2.68. The zero-order valence-electron chi connectivity index (χ0n) is 9.35. The first-order valence-electron chi connectivity index (χ1n) is 5.31. The molecule has 0 unspecified atom stereocenters. The van der Waals surface area contributed by atoms with E-state index in [0.29, 0.717) is 5.56 Å². The van der Waals surface area contributed by atoms with Gasteiger partial charge in [-0.05, 0) is 35.4 Å². The maximum atomic E-state index is 12.4. The molecule has 2 N–H and O–H groups in total. The van der Waals surface area contributed by atoms with E-state index in [1.165, 1.54) is 12.1 Å². The Kier molecular flexibility index (Phi) is 3.34. The van der Waals surface area contributed by atoms with Crippen LogP contribution < -0.4 is 5.73 Å². The molecule has 0 radical (unpaired) electrons. The topological polar surface area (TPSA) is 38.9 Å². The van der Waals surface area contributed by atoms with Gasteiger partial charge in [-0.25, -0.2) is 0 Å². The molecule has 0 fully saturated rings. The Morgan fingerprint density at radius 1 is 0.889 bits per heavy atom. The van der Waals surface area contributed by atoms with E-state index < -0.39 is 17.8 Å². The largest absolute Gasteiger partial charge is 0.416 e. The van der Waals surface area contributed by atoms with Crippen molar-refractivity contribution in [1.29, 1.82) is 0 Å². The predicted molar refractivity (Wildman–Crippen MR) is 61.7 cm³/mol. The lowest BCUT2D eigenvalue weighted by molar-refractivity contribution is -0.137. The quantitative estimate of drug-likeness (QED) is 0.891. The van der Waals surface area contributed by atoms with Gasteiger partial charge in [0, 0.05) is 12.4 Å². The molecule has 1 atom stereocenters. The van der Waals surface area contributed by atoms with Crippen LogP contribution >= 0.6 is 0 Å². The van der Waals surface area contributed by atoms with Crippen molar-refractivity contribution < 1.29 is 13.2 Å². The van der Waals surface area contributed by atoms with Crippen LogP contribution in [0.15, 0.2) is 48.8 Å². The minimum atomic E-state index is -4.32. The first-order valence-corrected chi connectivity index (χ1v) is 5.31. The van der Waals surface area contributed by atoms with Crippen LogP contribution in [0.4, 0.5) is 13.2 Å². The molecule has 2 rings (SSSR count). The van der Waals surface area contributed by atoms with Crippen molar-refractivity contribution in [2.75, 3.05) is 0 Å². The van der Waals surface area contributed by atoms with Crippen LogP contribution in [0.3, 0.4) is 0 Å². The highest BCUT2D eigenvalue weighted by Gasteiger charge is 2.30. The number of alkyl halides is 3. The fourth-order valence-electron chi connectivity index (χ4n) is 1.64. The normalized spacial score (nSPS) is 13.3. The SMILES string of the molecule is N[C@@H](c1ccncc1)c1ccc(C(F)(F)F)cc1. The molecule has 0 aliphatic heterocycles. The standard InChI is InChI=1S/C13H11F3N2/c14-13(15,16)11-3-1-9(2-4-11)12(17)10-5-7-18-8-6-10/h1-8,12H,17H2/t12-/m1/s1. The Bertz CT molecular complexity index is 506. The van der Waals surface area contributed by atoms with E-state index >= 15 is 0 Å². The van der Waals surface area contributed by atoms with E-state index in [-0.39, 0.29) is 0 Å². The van der Waals surface area contributed by atoms with Crippen molar-refractivity contribution >= 4 is 0 Å². The summed E-state index contributed by atoms with van der Waals surface area (Å²) in [7, 11) is 0. The summed E-state index contributed by atoms with van der Waals surface area (Å²) in [6.07, 6.45) is -1.13. The third-order valence-corrected chi connectivity index (χ3v) is 2.66. The number of nitrogens with two attached hydrogens (primary N) is 1. The lowest BCUT2D eigenvalue weighted by atomic mass is 9.99. The van der Waals surface area contributed by atoms with Gasteiger partial charge in [0.25, 0.3) is 0 Å². The summed E-state index contributed by atoms with van der Waals surface area (Å²) < 4.78 is 37.2. The number of nitrogens with zero attached hydrogens (tertiary/aromatic N) is 1. The fourth-order valence-corrected chi connectivity index (χ4v) is 1.64. The Balaban J connectivity index is 2.25. The van der Waals surface area contributed by atoms with Crippen molar-refractivity contribution in [2.24, 2.45) is 5.73 Å². The number of pyridine rings is 1. The molecule has 1 aromatic heterocycles. The van der Waals surface area contributed by atoms with Crippen LogP contribution in [0.2, 0.25) is 0 Å². The van der Waals surface area contributed by atoms with Crippen LogP contribution in [-0.4, -0.2) is 4.98 Å². The summed E-state index contributed by atoms with van der Waals surface area (Å²) in [5, 5.41) is 0. The van der Waals surface area contributed by atoms with Crippen LogP contribution in [0.1, 0.15) is 22.7 Å². The number of benzene rings is 1. The van der Waals surface area contributed by atoms with Gasteiger partial charge in [-0.2, -0.15) is 13.2 Å². The number of aromatic nitrogens is 1. The first-order chi connectivity index (χ1) is 8.48. The van der Waals surface area contributed by atoms with Crippen molar-refractivity contribution in [2.45, 2.75) is 12.2 Å². The second-order valence-corrected chi connectivity index (χ2v) is 3.88. The average molecular weight is 252 g/mol. The molecule has 2 aromatic rings. The molecule has 1 aromatic carbocycles. The molecule has 0 bridgehead atoms. The second kappa shape index (κ2) is 4.78. The third-order valence-electron chi connectivity index (χ3n) is 2.66. The Labute approximate surface area is 102 Å². The number of hydrogen-bond donors (Lipinski definition) is 1. The summed E-state index contributed by atoms with van der Waals surface area (Å²) in [5.74, 6) is 0. The summed E-state index contributed by atoms with van der Waals surface area (Å²) in [4.78, 5) is 3.86. The minimum Gasteiger partial charge on any atom is -0.320 e. The maximum Gasteiger partial charge on any atom is 0.416 e. The van der Waals surface area contributed by atoms with E-state index in [9.17, 15) is 13.2 Å². The van der Waals surface area contributed by atoms with Gasteiger partial charge in [0.15, 0.2) is 0 Å². The lowest BCUT2D eigenvalue weighted by Crippen LogP contribution is -2.12. The van der Waals surface area contributed by atoms with E-state index in [0.717, 1.165) is 17.7 Å². The Morgan fingerprint density at radius 2 is 1.39 bits per heavy atom. The molecule has 5 heteroatoms. The molecular formula is C13H11F3N2. The van der Waals surface area contributed by atoms with E-state index in [1.807, 2.05) is 0 Å². The fraction of sp³-hybridized carbons (Fsp3) is 0.154. The van der Waals surface area contributed by atoms with Gasteiger partial charge in [-0.15, -0.1) is 0 Å². The second-order valence-electron chi connectivity index (χ2n) is 3.88. The number of halogens is 3. The maximum absolute atomic E-state index is 12.4. The molecule has 0 saturated heterocycles. The molecule has 0 aliphatic carbocycles. The summed E-state index contributed by atoms with van der Waals surface area (Å²) >= 11 is 0. The van der Waals surface area contributed by atoms with Crippen molar-refractivity contribution in [1.82, 2.24) is 4.98 Å². The molecule has 0 spiro atoms. The smallest absolute Gasteiger partial charge is 0.320 e. The Hall–Kier alpha value is -1.88. The van der Waals surface area contributed by atoms with E-state index in [2.05, 4.69) is 4.98 Å². The lowest BCUT2D eigenvalue weighted by Gasteiger charge is -2.13. The monoisotopic (exact) mass is 252 g/mol. The molecular weight excluding hydrogens is 241 g/mol. The summed E-state index contributed by atoms with van der Waals surface area (Å²) in [6, 6.07) is 7.90. The molecule has 18 heavy (non-hydrogen) atoms. The van der Waals surface area contributed by atoms with E-state index in [1.54, 1.807) is 24.5 Å². The van der Waals surface area contributed by atoms with Crippen molar-refractivity contribution in [3.63, 3.8) is 0 Å². The predicted octanol–water partition coefficient (Wildman–Crippen LogP) is 3.15. The number of rotatable bonds is 2. The molecule has 0 saturated carbocycles. The highest BCUT2D eigenvalue weighted by atomic mass is 19.4. The van der Waals surface area contributed by atoms with Gasteiger partial charge in [0.05, 0.1) is 11.6 Å². The molecule has 1 heterocycles. The number of hydrogen-bond acceptors (Lipinski definition) is 2. The first kappa shape index (κ1) is 12.6. The highest BCUT2D eigenvalue weighted by molar-refractivity contribution is 5.32. The van der Waals surface area contributed by atoms with Gasteiger partial charge in [-0.3, -0.25) is 4.98 Å². The van der Waals surface area contributed by atoms with Crippen molar-refractivity contribution in [3.8, 4) is 0 Å². The zero-order chi connectivity index (χ0) is 13.2. The van der Waals surface area contributed by atoms with Gasteiger partial charge < -0.3 is 5.73 Å². The highest BCUT2D eigenvalue weighted by Crippen LogP contribution is 2.30. The summed E-state index contributed by atoms with van der Waals surface area (Å²) in [6.45, 7) is 0. The minimum absolute atomic E-state index is 0.449. The van der Waals surface area contributed by atoms with Crippen molar-refractivity contribution in [3.05, 3.63) is 65.5 Å². The van der Waals surface area contributed by atoms with Crippen LogP contribution in [0.25, 0.3) is 0 Å². The van der Waals surface area contributed by atoms with Gasteiger partial charge in [0.1, 0.15) is 0 Å². The Morgan fingerprint density at radius 3 is 1.89 bits per heavy atom. The zero-order valence-corrected chi connectivity index (χ0v) is 9.35. The summed E-state index contributed by atoms with van der Waals surface area (Å²) in [5.41, 5.74) is 6.74. The molecule has 0 amide bonds. The van der Waals surface area contributed by atoms with Gasteiger partial charge in [0.2, 0.25) is 0 Å². The molecule has 0 aliphatic rings. The van der Waals surface area contributed by atoms with Gasteiger partial charge >= 0.3 is 6.18 Å².